The molecule has 2 aromatic heterocycles. The normalized spacial score (nSPS) is 11.6. The van der Waals surface area contributed by atoms with Crippen LogP contribution in [-0.4, -0.2) is 33.7 Å². The fourth-order valence-electron chi connectivity index (χ4n) is 3.47. The molecule has 32 heavy (non-hydrogen) atoms. The zero-order valence-corrected chi connectivity index (χ0v) is 18.7. The molecule has 4 rings (SSSR count). The molecule has 0 radical (unpaired) electrons. The van der Waals surface area contributed by atoms with Gasteiger partial charge in [-0.1, -0.05) is 36.4 Å². The predicted octanol–water partition coefficient (Wildman–Crippen LogP) is 3.76. The molecule has 0 saturated carbocycles. The van der Waals surface area contributed by atoms with E-state index in [9.17, 15) is 0 Å². The quantitative estimate of drug-likeness (QED) is 0.441. The molecule has 0 aliphatic rings. The van der Waals surface area contributed by atoms with Gasteiger partial charge in [-0.25, -0.2) is 9.97 Å². The van der Waals surface area contributed by atoms with E-state index in [2.05, 4.69) is 9.97 Å². The molecule has 4 aromatic rings. The molecular formula is C24H27N5O3. The van der Waals surface area contributed by atoms with Crippen molar-refractivity contribution >= 4 is 11.2 Å². The number of aromatic amines is 1. The number of imidazole rings is 1. The van der Waals surface area contributed by atoms with Gasteiger partial charge in [0, 0.05) is 0 Å². The number of fused-ring (bicyclic) bond motifs is 1. The molecule has 2 N–H and O–H groups in total. The number of nitrogens with one attached hydrogen (secondary N) is 2. The van der Waals surface area contributed by atoms with Crippen LogP contribution in [0.3, 0.4) is 0 Å². The summed E-state index contributed by atoms with van der Waals surface area (Å²) in [6, 6.07) is 15.8. The molecule has 0 amide bonds. The first-order valence-corrected chi connectivity index (χ1v) is 10.3. The van der Waals surface area contributed by atoms with E-state index < -0.39 is 5.60 Å². The minimum atomic E-state index is -0.678. The second kappa shape index (κ2) is 8.84. The Morgan fingerprint density at radius 3 is 2.47 bits per heavy atom. The summed E-state index contributed by atoms with van der Waals surface area (Å²) in [5.74, 6) is 1.97. The molecule has 0 atom stereocenters. The number of ether oxygens (including phenoxy) is 3. The number of hydrogen-bond acceptors (Lipinski definition) is 6. The van der Waals surface area contributed by atoms with Crippen molar-refractivity contribution in [3.63, 3.8) is 0 Å². The summed E-state index contributed by atoms with van der Waals surface area (Å²) in [6.45, 7) is 4.90. The molecule has 0 aliphatic carbocycles. The third-order valence-corrected chi connectivity index (χ3v) is 5.33. The van der Waals surface area contributed by atoms with Crippen LogP contribution in [0.4, 0.5) is 0 Å². The third kappa shape index (κ3) is 4.36. The van der Waals surface area contributed by atoms with Gasteiger partial charge in [0.2, 0.25) is 0 Å². The summed E-state index contributed by atoms with van der Waals surface area (Å²) in [5.41, 5.74) is 2.76. The molecular weight excluding hydrogens is 406 g/mol. The van der Waals surface area contributed by atoms with Crippen LogP contribution in [0.25, 0.3) is 11.2 Å². The standard InChI is InChI=1S/C24H27N5O3/c1-24(2,32-14-16-8-6-5-7-9-16)23-27-20-21(25)26-15-29(22(20)28-23)13-17-10-11-18(30-3)19(12-17)31-4/h5-12,15,25H,13-14H2,1-4H3,(H,27,28). The van der Waals surface area contributed by atoms with Gasteiger partial charge in [-0.15, -0.1) is 0 Å². The summed E-state index contributed by atoms with van der Waals surface area (Å²) in [5, 5.41) is 8.24. The molecule has 0 saturated heterocycles. The van der Waals surface area contributed by atoms with Gasteiger partial charge in [-0.2, -0.15) is 0 Å². The smallest absolute Gasteiger partial charge is 0.173 e. The first-order chi connectivity index (χ1) is 15.4. The van der Waals surface area contributed by atoms with Crippen LogP contribution < -0.4 is 15.0 Å². The highest BCUT2D eigenvalue weighted by molar-refractivity contribution is 5.69. The fraction of sp³-hybridized carbons (Fsp3) is 0.292. The van der Waals surface area contributed by atoms with Crippen molar-refractivity contribution < 1.29 is 14.2 Å². The van der Waals surface area contributed by atoms with Crippen molar-refractivity contribution in [3.8, 4) is 11.5 Å². The lowest BCUT2D eigenvalue weighted by Gasteiger charge is -2.23. The Kier molecular flexibility index (Phi) is 5.96. The van der Waals surface area contributed by atoms with Crippen LogP contribution in [0.2, 0.25) is 0 Å². The zero-order valence-electron chi connectivity index (χ0n) is 18.7. The Hall–Kier alpha value is -3.65. The van der Waals surface area contributed by atoms with Crippen molar-refractivity contribution in [2.45, 2.75) is 32.6 Å². The van der Waals surface area contributed by atoms with Crippen LogP contribution in [0.5, 0.6) is 11.5 Å². The van der Waals surface area contributed by atoms with Crippen molar-refractivity contribution in [1.82, 2.24) is 19.5 Å². The molecule has 166 valence electrons. The van der Waals surface area contributed by atoms with E-state index in [1.165, 1.54) is 0 Å². The summed E-state index contributed by atoms with van der Waals surface area (Å²) < 4.78 is 18.8. The minimum Gasteiger partial charge on any atom is -0.493 e. The largest absolute Gasteiger partial charge is 0.493 e. The van der Waals surface area contributed by atoms with Crippen molar-refractivity contribution in [2.75, 3.05) is 14.2 Å². The number of H-pyrrole nitrogens is 1. The highest BCUT2D eigenvalue weighted by Crippen LogP contribution is 2.29. The average Bonchev–Trinajstić information content (AvgIpc) is 3.28. The topological polar surface area (TPSA) is 98.0 Å². The van der Waals surface area contributed by atoms with Gasteiger partial charge in [-0.3, -0.25) is 5.41 Å². The van der Waals surface area contributed by atoms with Gasteiger partial charge >= 0.3 is 0 Å². The Labute approximate surface area is 186 Å². The van der Waals surface area contributed by atoms with Gasteiger partial charge in [0.1, 0.15) is 16.9 Å². The zero-order chi connectivity index (χ0) is 22.7. The number of rotatable bonds is 8. The lowest BCUT2D eigenvalue weighted by molar-refractivity contribution is -0.0393. The van der Waals surface area contributed by atoms with Crippen LogP contribution in [0.15, 0.2) is 54.9 Å². The number of nitrogens with zero attached hydrogens (tertiary/aromatic N) is 3. The van der Waals surface area contributed by atoms with Gasteiger partial charge in [-0.05, 0) is 37.1 Å². The minimum absolute atomic E-state index is 0.140. The first-order valence-electron chi connectivity index (χ1n) is 10.3. The maximum Gasteiger partial charge on any atom is 0.173 e. The molecule has 8 nitrogen and oxygen atoms in total. The van der Waals surface area contributed by atoms with E-state index in [1.54, 1.807) is 20.5 Å². The number of methoxy groups -OCH3 is 2. The maximum absolute atomic E-state index is 8.24. The number of benzene rings is 2. The first kappa shape index (κ1) is 21.6. The van der Waals surface area contributed by atoms with Crippen LogP contribution in [0.1, 0.15) is 30.8 Å². The number of aromatic nitrogens is 4. The molecule has 0 spiro atoms. The van der Waals surface area contributed by atoms with Gasteiger partial charge in [0.15, 0.2) is 22.6 Å². The molecule has 0 bridgehead atoms. The molecule has 2 heterocycles. The number of hydrogen-bond donors (Lipinski definition) is 2. The van der Waals surface area contributed by atoms with Gasteiger partial charge in [0.05, 0.1) is 33.7 Å². The summed E-state index contributed by atoms with van der Waals surface area (Å²) >= 11 is 0. The summed E-state index contributed by atoms with van der Waals surface area (Å²) in [4.78, 5) is 12.3. The lowest BCUT2D eigenvalue weighted by Crippen LogP contribution is -2.23. The summed E-state index contributed by atoms with van der Waals surface area (Å²) in [6.07, 6.45) is 1.63. The molecule has 0 unspecified atom stereocenters. The lowest BCUT2D eigenvalue weighted by atomic mass is 10.1. The second-order valence-electron chi connectivity index (χ2n) is 7.98. The Morgan fingerprint density at radius 1 is 1.00 bits per heavy atom. The Morgan fingerprint density at radius 2 is 1.75 bits per heavy atom. The fourth-order valence-corrected chi connectivity index (χ4v) is 3.47. The highest BCUT2D eigenvalue weighted by atomic mass is 16.5. The van der Waals surface area contributed by atoms with Crippen molar-refractivity contribution in [2.24, 2.45) is 0 Å². The monoisotopic (exact) mass is 433 g/mol. The average molecular weight is 434 g/mol. The van der Waals surface area contributed by atoms with Gasteiger partial charge < -0.3 is 23.8 Å². The molecule has 0 fully saturated rings. The van der Waals surface area contributed by atoms with E-state index in [0.717, 1.165) is 11.1 Å². The highest BCUT2D eigenvalue weighted by Gasteiger charge is 2.26. The van der Waals surface area contributed by atoms with Crippen molar-refractivity contribution in [3.05, 3.63) is 77.3 Å². The maximum atomic E-state index is 8.24. The van der Waals surface area contributed by atoms with Crippen LogP contribution >= 0.6 is 0 Å². The SMILES string of the molecule is COc1ccc(Cn2cnc(=N)c3[nH]c(C(C)(C)OCc4ccccc4)nc32)cc1OC. The van der Waals surface area contributed by atoms with E-state index in [0.29, 0.717) is 41.6 Å². The molecule has 2 aromatic carbocycles. The second-order valence-corrected chi connectivity index (χ2v) is 7.98. The molecule has 8 heteroatoms. The van der Waals surface area contributed by atoms with Crippen LogP contribution in [0, 0.1) is 5.41 Å². The third-order valence-electron chi connectivity index (χ3n) is 5.33. The van der Waals surface area contributed by atoms with E-state index >= 15 is 0 Å². The van der Waals surface area contributed by atoms with E-state index in [1.807, 2.05) is 66.9 Å². The summed E-state index contributed by atoms with van der Waals surface area (Å²) in [7, 11) is 3.22. The Bertz CT molecular complexity index is 1280. The molecule has 0 aliphatic heterocycles. The van der Waals surface area contributed by atoms with E-state index in [-0.39, 0.29) is 5.49 Å². The van der Waals surface area contributed by atoms with Crippen LogP contribution in [-0.2, 0) is 23.5 Å². The van der Waals surface area contributed by atoms with E-state index in [4.69, 9.17) is 24.6 Å². The van der Waals surface area contributed by atoms with Gasteiger partial charge in [0.25, 0.3) is 0 Å². The Balaban J connectivity index is 1.64. The predicted molar refractivity (Wildman–Crippen MR) is 121 cm³/mol. The van der Waals surface area contributed by atoms with Crippen molar-refractivity contribution in [1.29, 1.82) is 5.41 Å².